The van der Waals surface area contributed by atoms with Crippen LogP contribution in [0, 0.1) is 11.8 Å². The monoisotopic (exact) mass is 793 g/mol. The van der Waals surface area contributed by atoms with Crippen molar-refractivity contribution in [2.75, 3.05) is 13.2 Å². The number of unbranched alkanes of at least 4 members (excludes halogenated alkanes) is 29. The molecular weight excluding hydrogens is 697 g/mol. The lowest BCUT2D eigenvalue weighted by molar-refractivity contribution is -0.167. The zero-order chi connectivity index (χ0) is 41.2. The molecule has 0 aliphatic heterocycles. The molecule has 0 bridgehead atoms. The molecule has 1 atom stereocenters. The Balaban J connectivity index is 4.29. The molecule has 332 valence electrons. The van der Waals surface area contributed by atoms with Gasteiger partial charge >= 0.3 is 17.9 Å². The van der Waals surface area contributed by atoms with Gasteiger partial charge in [0.25, 0.3) is 0 Å². The average molecular weight is 793 g/mol. The Morgan fingerprint density at radius 1 is 0.339 bits per heavy atom. The highest BCUT2D eigenvalue weighted by molar-refractivity contribution is 5.71. The summed E-state index contributed by atoms with van der Waals surface area (Å²) in [6, 6.07) is 0. The third kappa shape index (κ3) is 43.5. The summed E-state index contributed by atoms with van der Waals surface area (Å²) in [5.74, 6) is 0.725. The van der Waals surface area contributed by atoms with Crippen molar-refractivity contribution in [3.05, 3.63) is 0 Å². The molecule has 56 heavy (non-hydrogen) atoms. The second-order valence-corrected chi connectivity index (χ2v) is 18.1. The molecule has 0 aliphatic rings. The van der Waals surface area contributed by atoms with Gasteiger partial charge in [-0.2, -0.15) is 0 Å². The van der Waals surface area contributed by atoms with Gasteiger partial charge in [-0.1, -0.05) is 234 Å². The molecule has 0 spiro atoms. The van der Waals surface area contributed by atoms with Crippen molar-refractivity contribution >= 4 is 17.9 Å². The van der Waals surface area contributed by atoms with Crippen LogP contribution in [0.3, 0.4) is 0 Å². The highest BCUT2D eigenvalue weighted by atomic mass is 16.6. The number of ether oxygens (including phenoxy) is 3. The van der Waals surface area contributed by atoms with Crippen LogP contribution in [0.1, 0.15) is 272 Å². The molecule has 0 radical (unpaired) electrons. The van der Waals surface area contributed by atoms with Crippen molar-refractivity contribution in [3.8, 4) is 0 Å². The highest BCUT2D eigenvalue weighted by Crippen LogP contribution is 2.17. The van der Waals surface area contributed by atoms with Crippen LogP contribution < -0.4 is 0 Å². The molecular formula is C50H96O6. The van der Waals surface area contributed by atoms with Gasteiger partial charge in [-0.3, -0.25) is 14.4 Å². The molecule has 0 aromatic heterocycles. The van der Waals surface area contributed by atoms with E-state index >= 15 is 0 Å². The standard InChI is InChI=1S/C50H96O6/c1-6-7-8-9-10-11-12-13-14-15-16-17-22-25-32-37-42-50(53)56-47(44-55-49(52)41-36-31-27-26-29-34-39-46(4)5)43-54-48(51)40-35-30-24-21-19-18-20-23-28-33-38-45(2)3/h45-47H,6-44H2,1-5H3/t47-/m0/s1. The molecule has 0 fully saturated rings. The molecule has 0 aromatic carbocycles. The Morgan fingerprint density at radius 3 is 0.875 bits per heavy atom. The summed E-state index contributed by atoms with van der Waals surface area (Å²) in [7, 11) is 0. The lowest BCUT2D eigenvalue weighted by Gasteiger charge is -2.18. The Kier molecular flexibility index (Phi) is 41.8. The van der Waals surface area contributed by atoms with Crippen molar-refractivity contribution in [3.63, 3.8) is 0 Å². The van der Waals surface area contributed by atoms with E-state index in [4.69, 9.17) is 14.2 Å². The van der Waals surface area contributed by atoms with Gasteiger partial charge in [0, 0.05) is 19.3 Å². The minimum Gasteiger partial charge on any atom is -0.462 e. The van der Waals surface area contributed by atoms with E-state index in [9.17, 15) is 14.4 Å². The zero-order valence-electron chi connectivity index (χ0n) is 38.3. The first-order valence-corrected chi connectivity index (χ1v) is 24.7. The summed E-state index contributed by atoms with van der Waals surface area (Å²) in [6.45, 7) is 11.3. The van der Waals surface area contributed by atoms with Gasteiger partial charge in [-0.15, -0.1) is 0 Å². The molecule has 0 aromatic rings. The first-order valence-electron chi connectivity index (χ1n) is 24.7. The van der Waals surface area contributed by atoms with Crippen molar-refractivity contribution in [2.45, 2.75) is 278 Å². The third-order valence-corrected chi connectivity index (χ3v) is 11.2. The fourth-order valence-corrected chi connectivity index (χ4v) is 7.46. The summed E-state index contributed by atoms with van der Waals surface area (Å²) < 4.78 is 16.8. The number of hydrogen-bond donors (Lipinski definition) is 0. The van der Waals surface area contributed by atoms with E-state index in [1.165, 1.54) is 161 Å². The molecule has 0 heterocycles. The average Bonchev–Trinajstić information content (AvgIpc) is 3.16. The lowest BCUT2D eigenvalue weighted by atomic mass is 10.0. The van der Waals surface area contributed by atoms with Crippen LogP contribution in [0.5, 0.6) is 0 Å². The number of esters is 3. The maximum Gasteiger partial charge on any atom is 0.306 e. The first-order chi connectivity index (χ1) is 27.2. The van der Waals surface area contributed by atoms with E-state index in [0.29, 0.717) is 19.3 Å². The van der Waals surface area contributed by atoms with Gasteiger partial charge in [-0.05, 0) is 31.1 Å². The largest absolute Gasteiger partial charge is 0.462 e. The Hall–Kier alpha value is -1.59. The topological polar surface area (TPSA) is 78.9 Å². The maximum atomic E-state index is 12.8. The minimum absolute atomic E-state index is 0.0651. The summed E-state index contributed by atoms with van der Waals surface area (Å²) in [5.41, 5.74) is 0. The van der Waals surface area contributed by atoms with Crippen LogP contribution >= 0.6 is 0 Å². The molecule has 0 N–H and O–H groups in total. The fourth-order valence-electron chi connectivity index (χ4n) is 7.46. The predicted molar refractivity (Wildman–Crippen MR) is 238 cm³/mol. The van der Waals surface area contributed by atoms with E-state index in [1.54, 1.807) is 0 Å². The van der Waals surface area contributed by atoms with Gasteiger partial charge in [0.1, 0.15) is 13.2 Å². The number of carbonyl (C=O) groups is 3. The van der Waals surface area contributed by atoms with E-state index in [2.05, 4.69) is 34.6 Å². The summed E-state index contributed by atoms with van der Waals surface area (Å²) in [6.07, 6.45) is 42.4. The zero-order valence-corrected chi connectivity index (χ0v) is 38.3. The third-order valence-electron chi connectivity index (χ3n) is 11.2. The van der Waals surface area contributed by atoms with Gasteiger partial charge in [0.2, 0.25) is 0 Å². The fraction of sp³-hybridized carbons (Fsp3) is 0.940. The second-order valence-electron chi connectivity index (χ2n) is 18.1. The lowest BCUT2D eigenvalue weighted by Crippen LogP contribution is -2.30. The van der Waals surface area contributed by atoms with Gasteiger partial charge in [0.05, 0.1) is 0 Å². The van der Waals surface area contributed by atoms with Gasteiger partial charge < -0.3 is 14.2 Å². The summed E-state index contributed by atoms with van der Waals surface area (Å²) >= 11 is 0. The Morgan fingerprint density at radius 2 is 0.589 bits per heavy atom. The van der Waals surface area contributed by atoms with Crippen LogP contribution in [0.15, 0.2) is 0 Å². The quantitative estimate of drug-likeness (QED) is 0.0347. The van der Waals surface area contributed by atoms with E-state index in [1.807, 2.05) is 0 Å². The molecule has 0 rings (SSSR count). The van der Waals surface area contributed by atoms with E-state index in [-0.39, 0.29) is 31.1 Å². The van der Waals surface area contributed by atoms with E-state index < -0.39 is 6.10 Å². The van der Waals surface area contributed by atoms with Crippen molar-refractivity contribution < 1.29 is 28.6 Å². The number of rotatable bonds is 44. The second kappa shape index (κ2) is 43.0. The molecule has 0 amide bonds. The van der Waals surface area contributed by atoms with Crippen LogP contribution in [0.4, 0.5) is 0 Å². The van der Waals surface area contributed by atoms with Crippen molar-refractivity contribution in [2.24, 2.45) is 11.8 Å². The van der Waals surface area contributed by atoms with Gasteiger partial charge in [0.15, 0.2) is 6.10 Å². The minimum atomic E-state index is -0.761. The first kappa shape index (κ1) is 54.4. The van der Waals surface area contributed by atoms with Crippen molar-refractivity contribution in [1.82, 2.24) is 0 Å². The molecule has 6 heteroatoms. The highest BCUT2D eigenvalue weighted by Gasteiger charge is 2.19. The van der Waals surface area contributed by atoms with Crippen LogP contribution in [0.25, 0.3) is 0 Å². The predicted octanol–water partition coefficient (Wildman–Crippen LogP) is 15.8. The Labute approximate surface area is 348 Å². The molecule has 0 saturated carbocycles. The normalized spacial score (nSPS) is 12.1. The smallest absolute Gasteiger partial charge is 0.306 e. The molecule has 0 saturated heterocycles. The maximum absolute atomic E-state index is 12.8. The van der Waals surface area contributed by atoms with Crippen LogP contribution in [0.2, 0.25) is 0 Å². The molecule has 0 aliphatic carbocycles. The number of hydrogen-bond acceptors (Lipinski definition) is 6. The van der Waals surface area contributed by atoms with Crippen molar-refractivity contribution in [1.29, 1.82) is 0 Å². The number of carbonyl (C=O) groups excluding carboxylic acids is 3. The molecule has 0 unspecified atom stereocenters. The summed E-state index contributed by atoms with van der Waals surface area (Å²) in [4.78, 5) is 37.8. The van der Waals surface area contributed by atoms with Gasteiger partial charge in [-0.25, -0.2) is 0 Å². The van der Waals surface area contributed by atoms with E-state index in [0.717, 1.165) is 69.6 Å². The van der Waals surface area contributed by atoms with Crippen LogP contribution in [-0.4, -0.2) is 37.2 Å². The SMILES string of the molecule is CCCCCCCCCCCCCCCCCCC(=O)O[C@@H](COC(=O)CCCCCCCCCCCCC(C)C)COC(=O)CCCCCCCCC(C)C. The Bertz CT molecular complexity index is 854. The molecule has 6 nitrogen and oxygen atoms in total. The summed E-state index contributed by atoms with van der Waals surface area (Å²) in [5, 5.41) is 0. The van der Waals surface area contributed by atoms with Crippen LogP contribution in [-0.2, 0) is 28.6 Å².